The van der Waals surface area contributed by atoms with E-state index in [1.54, 1.807) is 6.08 Å². The topological polar surface area (TPSA) is 33.0 Å². The van der Waals surface area contributed by atoms with Crippen LogP contribution in [0.25, 0.3) is 11.1 Å². The maximum absolute atomic E-state index is 9.10. The van der Waals surface area contributed by atoms with E-state index in [2.05, 4.69) is 12.6 Å². The van der Waals surface area contributed by atoms with Crippen molar-refractivity contribution in [3.05, 3.63) is 66.7 Å². The zero-order valence-corrected chi connectivity index (χ0v) is 9.97. The predicted octanol–water partition coefficient (Wildman–Crippen LogP) is 3.79. The summed E-state index contributed by atoms with van der Waals surface area (Å²) in [5.41, 5.74) is 2.57. The summed E-state index contributed by atoms with van der Waals surface area (Å²) >= 11 is 0. The molecule has 2 aromatic rings. The fourth-order valence-corrected chi connectivity index (χ4v) is 1.74. The van der Waals surface area contributed by atoms with Crippen molar-refractivity contribution in [3.8, 4) is 22.9 Å². The highest BCUT2D eigenvalue weighted by atomic mass is 16.5. The number of hydrogen-bond donors (Lipinski definition) is 0. The van der Waals surface area contributed by atoms with Crippen molar-refractivity contribution in [1.82, 2.24) is 0 Å². The lowest BCUT2D eigenvalue weighted by molar-refractivity contribution is 0.363. The first-order valence-electron chi connectivity index (χ1n) is 5.68. The van der Waals surface area contributed by atoms with Crippen LogP contribution in [0.2, 0.25) is 0 Å². The standard InChI is InChI=1S/C16H13NO/c1-2-10-18-15-8-5-7-13(11-15)16-9-4-3-6-14(16)12-17/h2-9,11H,1,10H2. The van der Waals surface area contributed by atoms with Gasteiger partial charge in [-0.2, -0.15) is 5.26 Å². The Balaban J connectivity index is 2.39. The number of hydrogen-bond acceptors (Lipinski definition) is 2. The molecule has 0 fully saturated rings. The van der Waals surface area contributed by atoms with Gasteiger partial charge in [0.1, 0.15) is 12.4 Å². The minimum atomic E-state index is 0.476. The fourth-order valence-electron chi connectivity index (χ4n) is 1.74. The Morgan fingerprint density at radius 1 is 1.17 bits per heavy atom. The van der Waals surface area contributed by atoms with Crippen molar-refractivity contribution in [2.75, 3.05) is 6.61 Å². The summed E-state index contributed by atoms with van der Waals surface area (Å²) in [7, 11) is 0. The second-order valence-electron chi connectivity index (χ2n) is 3.78. The van der Waals surface area contributed by atoms with Crippen LogP contribution in [0.3, 0.4) is 0 Å². The summed E-state index contributed by atoms with van der Waals surface area (Å²) in [5.74, 6) is 0.778. The Morgan fingerprint density at radius 2 is 2.00 bits per heavy atom. The van der Waals surface area contributed by atoms with E-state index in [4.69, 9.17) is 10.00 Å². The lowest BCUT2D eigenvalue weighted by Crippen LogP contribution is -1.93. The third-order valence-corrected chi connectivity index (χ3v) is 2.56. The molecule has 18 heavy (non-hydrogen) atoms. The summed E-state index contributed by atoms with van der Waals surface area (Å²) < 4.78 is 5.49. The van der Waals surface area contributed by atoms with E-state index < -0.39 is 0 Å². The molecular weight excluding hydrogens is 222 g/mol. The fraction of sp³-hybridized carbons (Fsp3) is 0.0625. The molecule has 0 radical (unpaired) electrons. The first-order valence-corrected chi connectivity index (χ1v) is 5.68. The maximum Gasteiger partial charge on any atom is 0.120 e. The van der Waals surface area contributed by atoms with E-state index in [0.717, 1.165) is 16.9 Å². The highest BCUT2D eigenvalue weighted by Crippen LogP contribution is 2.26. The second kappa shape index (κ2) is 5.70. The monoisotopic (exact) mass is 235 g/mol. The molecule has 2 aromatic carbocycles. The third-order valence-electron chi connectivity index (χ3n) is 2.56. The molecule has 0 heterocycles. The van der Waals surface area contributed by atoms with Crippen molar-refractivity contribution < 1.29 is 4.74 Å². The minimum absolute atomic E-state index is 0.476. The zero-order chi connectivity index (χ0) is 12.8. The van der Waals surface area contributed by atoms with E-state index in [0.29, 0.717) is 12.2 Å². The second-order valence-corrected chi connectivity index (χ2v) is 3.78. The molecule has 0 saturated heterocycles. The van der Waals surface area contributed by atoms with Crippen molar-refractivity contribution >= 4 is 0 Å². The number of nitrogens with zero attached hydrogens (tertiary/aromatic N) is 1. The lowest BCUT2D eigenvalue weighted by Gasteiger charge is -2.07. The predicted molar refractivity (Wildman–Crippen MR) is 72.3 cm³/mol. The van der Waals surface area contributed by atoms with Crippen LogP contribution in [0.4, 0.5) is 0 Å². The molecule has 2 heteroatoms. The van der Waals surface area contributed by atoms with Crippen LogP contribution in [0.1, 0.15) is 5.56 Å². The van der Waals surface area contributed by atoms with E-state index in [-0.39, 0.29) is 0 Å². The molecule has 88 valence electrons. The van der Waals surface area contributed by atoms with Gasteiger partial charge in [-0.15, -0.1) is 0 Å². The van der Waals surface area contributed by atoms with E-state index in [1.165, 1.54) is 0 Å². The largest absolute Gasteiger partial charge is 0.490 e. The van der Waals surface area contributed by atoms with Crippen molar-refractivity contribution in [2.24, 2.45) is 0 Å². The van der Waals surface area contributed by atoms with Crippen molar-refractivity contribution in [1.29, 1.82) is 5.26 Å². The normalized spacial score (nSPS) is 9.50. The van der Waals surface area contributed by atoms with Gasteiger partial charge in [0, 0.05) is 0 Å². The van der Waals surface area contributed by atoms with Crippen LogP contribution in [0.5, 0.6) is 5.75 Å². The van der Waals surface area contributed by atoms with Gasteiger partial charge in [0.15, 0.2) is 0 Å². The van der Waals surface area contributed by atoms with Crippen LogP contribution in [-0.4, -0.2) is 6.61 Å². The van der Waals surface area contributed by atoms with E-state index in [1.807, 2.05) is 48.5 Å². The third kappa shape index (κ3) is 2.58. The highest BCUT2D eigenvalue weighted by Gasteiger charge is 2.04. The smallest absolute Gasteiger partial charge is 0.120 e. The zero-order valence-electron chi connectivity index (χ0n) is 9.97. The Kier molecular flexibility index (Phi) is 3.78. The lowest BCUT2D eigenvalue weighted by atomic mass is 10.0. The molecule has 0 aromatic heterocycles. The summed E-state index contributed by atoms with van der Waals surface area (Å²) in [6.45, 7) is 4.09. The summed E-state index contributed by atoms with van der Waals surface area (Å²) in [4.78, 5) is 0. The van der Waals surface area contributed by atoms with Crippen molar-refractivity contribution in [2.45, 2.75) is 0 Å². The molecule has 2 nitrogen and oxygen atoms in total. The number of nitriles is 1. The number of rotatable bonds is 4. The Labute approximate surface area is 107 Å². The molecule has 0 saturated carbocycles. The van der Waals surface area contributed by atoms with Gasteiger partial charge in [-0.05, 0) is 29.3 Å². The summed E-state index contributed by atoms with van der Waals surface area (Å²) in [6, 6.07) is 17.4. The van der Waals surface area contributed by atoms with Gasteiger partial charge in [-0.25, -0.2) is 0 Å². The molecule has 0 aliphatic heterocycles. The average Bonchev–Trinajstić information content (AvgIpc) is 2.45. The molecule has 0 aliphatic carbocycles. The minimum Gasteiger partial charge on any atom is -0.490 e. The first-order chi connectivity index (χ1) is 8.85. The van der Waals surface area contributed by atoms with Gasteiger partial charge in [-0.3, -0.25) is 0 Å². The summed E-state index contributed by atoms with van der Waals surface area (Å²) in [5, 5.41) is 9.10. The summed E-state index contributed by atoms with van der Waals surface area (Å²) in [6.07, 6.45) is 1.70. The van der Waals surface area contributed by atoms with Gasteiger partial charge in [0.05, 0.1) is 11.6 Å². The van der Waals surface area contributed by atoms with Crippen LogP contribution < -0.4 is 4.74 Å². The van der Waals surface area contributed by atoms with Gasteiger partial charge in [0.25, 0.3) is 0 Å². The number of ether oxygens (including phenoxy) is 1. The molecule has 0 aliphatic rings. The van der Waals surface area contributed by atoms with Gasteiger partial charge in [-0.1, -0.05) is 43.0 Å². The average molecular weight is 235 g/mol. The SMILES string of the molecule is C=CCOc1cccc(-c2ccccc2C#N)c1. The molecule has 0 atom stereocenters. The van der Waals surface area contributed by atoms with Gasteiger partial charge >= 0.3 is 0 Å². The maximum atomic E-state index is 9.10. The molecule has 2 rings (SSSR count). The van der Waals surface area contributed by atoms with Crippen LogP contribution in [-0.2, 0) is 0 Å². The Hall–Kier alpha value is -2.53. The molecule has 0 bridgehead atoms. The first kappa shape index (κ1) is 11.9. The van der Waals surface area contributed by atoms with Crippen LogP contribution >= 0.6 is 0 Å². The number of benzene rings is 2. The molecule has 0 N–H and O–H groups in total. The molecule has 0 spiro atoms. The Morgan fingerprint density at radius 3 is 2.78 bits per heavy atom. The molecular formula is C16H13NO. The van der Waals surface area contributed by atoms with Gasteiger partial charge in [0.2, 0.25) is 0 Å². The molecule has 0 unspecified atom stereocenters. The van der Waals surface area contributed by atoms with E-state index >= 15 is 0 Å². The van der Waals surface area contributed by atoms with E-state index in [9.17, 15) is 0 Å². The van der Waals surface area contributed by atoms with Crippen LogP contribution in [0.15, 0.2) is 61.2 Å². The van der Waals surface area contributed by atoms with Gasteiger partial charge < -0.3 is 4.74 Å². The molecule has 0 amide bonds. The highest BCUT2D eigenvalue weighted by molar-refractivity contribution is 5.71. The quantitative estimate of drug-likeness (QED) is 0.755. The Bertz CT molecular complexity index is 596. The van der Waals surface area contributed by atoms with Crippen molar-refractivity contribution in [3.63, 3.8) is 0 Å². The van der Waals surface area contributed by atoms with Crippen LogP contribution in [0, 0.1) is 11.3 Å².